The van der Waals surface area contributed by atoms with Gasteiger partial charge in [0.1, 0.15) is 5.56 Å². The van der Waals surface area contributed by atoms with Crippen molar-refractivity contribution >= 4 is 17.9 Å². The lowest BCUT2D eigenvalue weighted by Gasteiger charge is -2.31. The average molecular weight is 294 g/mol. The van der Waals surface area contributed by atoms with Crippen molar-refractivity contribution in [3.05, 3.63) is 17.8 Å². The number of aromatic carboxylic acids is 1. The maximum Gasteiger partial charge on any atom is 0.409 e. The van der Waals surface area contributed by atoms with E-state index in [2.05, 4.69) is 15.5 Å². The Bertz CT molecular complexity index is 515. The summed E-state index contributed by atoms with van der Waals surface area (Å²) < 4.78 is 4.95. The molecule has 2 heterocycles. The van der Waals surface area contributed by atoms with Crippen LogP contribution in [0.4, 0.5) is 10.6 Å². The van der Waals surface area contributed by atoms with E-state index in [0.29, 0.717) is 32.5 Å². The summed E-state index contributed by atoms with van der Waals surface area (Å²) in [6, 6.07) is 1.47. The molecular weight excluding hydrogens is 276 g/mol. The highest BCUT2D eigenvalue weighted by Crippen LogP contribution is 2.18. The van der Waals surface area contributed by atoms with Gasteiger partial charge >= 0.3 is 12.1 Å². The number of carboxylic acid groups (broad SMARTS) is 1. The molecule has 8 heteroatoms. The van der Waals surface area contributed by atoms with Gasteiger partial charge in [-0.3, -0.25) is 0 Å². The zero-order valence-corrected chi connectivity index (χ0v) is 11.8. The van der Waals surface area contributed by atoms with Crippen molar-refractivity contribution in [3.63, 3.8) is 0 Å². The number of amides is 1. The Morgan fingerprint density at radius 3 is 2.81 bits per heavy atom. The number of carbonyl (C=O) groups is 2. The minimum absolute atomic E-state index is 0.0606. The van der Waals surface area contributed by atoms with Crippen LogP contribution in [0.5, 0.6) is 0 Å². The van der Waals surface area contributed by atoms with Crippen LogP contribution in [-0.4, -0.2) is 58.0 Å². The van der Waals surface area contributed by atoms with Crippen LogP contribution < -0.4 is 5.32 Å². The van der Waals surface area contributed by atoms with Crippen LogP contribution in [0.2, 0.25) is 0 Å². The van der Waals surface area contributed by atoms with Crippen molar-refractivity contribution in [2.45, 2.75) is 25.8 Å². The molecule has 21 heavy (non-hydrogen) atoms. The predicted molar refractivity (Wildman–Crippen MR) is 74.2 cm³/mol. The number of hydrogen-bond donors (Lipinski definition) is 2. The molecule has 0 aliphatic carbocycles. The Kier molecular flexibility index (Phi) is 4.91. The molecule has 2 N–H and O–H groups in total. The van der Waals surface area contributed by atoms with Crippen molar-refractivity contribution in [2.24, 2.45) is 0 Å². The maximum absolute atomic E-state index is 11.6. The number of aromatic nitrogens is 2. The fourth-order valence-corrected chi connectivity index (χ4v) is 2.23. The van der Waals surface area contributed by atoms with E-state index < -0.39 is 5.97 Å². The van der Waals surface area contributed by atoms with Crippen LogP contribution in [0.1, 0.15) is 30.1 Å². The van der Waals surface area contributed by atoms with E-state index in [0.717, 1.165) is 0 Å². The summed E-state index contributed by atoms with van der Waals surface area (Å²) in [5, 5.41) is 19.7. The quantitative estimate of drug-likeness (QED) is 0.859. The standard InChI is InChI=1S/C13H18N4O4/c1-2-21-13(20)17-7-4-9(5-8-17)15-11-10(12(18)19)3-6-14-16-11/h3,6,9H,2,4-5,7-8H2,1H3,(H,15,16)(H,18,19). The Morgan fingerprint density at radius 2 is 2.19 bits per heavy atom. The van der Waals surface area contributed by atoms with Gasteiger partial charge in [0.15, 0.2) is 5.82 Å². The normalized spacial score (nSPS) is 15.6. The molecule has 1 amide bonds. The summed E-state index contributed by atoms with van der Waals surface area (Å²) in [6.45, 7) is 3.27. The minimum Gasteiger partial charge on any atom is -0.478 e. The summed E-state index contributed by atoms with van der Waals surface area (Å²) in [7, 11) is 0. The first-order valence-electron chi connectivity index (χ1n) is 6.85. The van der Waals surface area contributed by atoms with Crippen LogP contribution in [0, 0.1) is 0 Å². The number of nitrogens with one attached hydrogen (secondary N) is 1. The fraction of sp³-hybridized carbons (Fsp3) is 0.538. The Hall–Kier alpha value is -2.38. The molecule has 0 unspecified atom stereocenters. The number of likely N-dealkylation sites (tertiary alicyclic amines) is 1. The molecule has 1 aromatic rings. The molecule has 8 nitrogen and oxygen atoms in total. The SMILES string of the molecule is CCOC(=O)N1CCC(Nc2nnccc2C(=O)O)CC1. The number of carboxylic acids is 1. The van der Waals surface area contributed by atoms with Crippen LogP contribution in [0.3, 0.4) is 0 Å². The molecule has 2 rings (SSSR count). The molecule has 114 valence electrons. The number of piperidine rings is 1. The molecule has 1 aromatic heterocycles. The van der Waals surface area contributed by atoms with E-state index in [1.807, 2.05) is 0 Å². The predicted octanol–water partition coefficient (Wildman–Crippen LogP) is 1.21. The smallest absolute Gasteiger partial charge is 0.409 e. The second kappa shape index (κ2) is 6.87. The van der Waals surface area contributed by atoms with Gasteiger partial charge in [0, 0.05) is 19.1 Å². The monoisotopic (exact) mass is 294 g/mol. The van der Waals surface area contributed by atoms with Crippen molar-refractivity contribution in [1.29, 1.82) is 0 Å². The Balaban J connectivity index is 1.92. The molecule has 0 spiro atoms. The third-order valence-electron chi connectivity index (χ3n) is 3.31. The average Bonchev–Trinajstić information content (AvgIpc) is 2.48. The molecule has 0 atom stereocenters. The molecule has 1 aliphatic rings. The first-order chi connectivity index (χ1) is 10.1. The Morgan fingerprint density at radius 1 is 1.48 bits per heavy atom. The van der Waals surface area contributed by atoms with Gasteiger partial charge in [0.25, 0.3) is 0 Å². The van der Waals surface area contributed by atoms with Crippen molar-refractivity contribution in [2.75, 3.05) is 25.0 Å². The van der Waals surface area contributed by atoms with Crippen molar-refractivity contribution in [3.8, 4) is 0 Å². The second-order valence-corrected chi connectivity index (χ2v) is 4.70. The lowest BCUT2D eigenvalue weighted by Crippen LogP contribution is -2.42. The van der Waals surface area contributed by atoms with Gasteiger partial charge in [-0.15, -0.1) is 5.10 Å². The first kappa shape index (κ1) is 15.0. The van der Waals surface area contributed by atoms with Crippen LogP contribution >= 0.6 is 0 Å². The third-order valence-corrected chi connectivity index (χ3v) is 3.31. The van der Waals surface area contributed by atoms with Gasteiger partial charge in [-0.25, -0.2) is 9.59 Å². The topological polar surface area (TPSA) is 105 Å². The number of anilines is 1. The van der Waals surface area contributed by atoms with Gasteiger partial charge in [0.2, 0.25) is 0 Å². The van der Waals surface area contributed by atoms with Gasteiger partial charge < -0.3 is 20.1 Å². The first-order valence-corrected chi connectivity index (χ1v) is 6.85. The number of nitrogens with zero attached hydrogens (tertiary/aromatic N) is 3. The van der Waals surface area contributed by atoms with E-state index in [4.69, 9.17) is 9.84 Å². The van der Waals surface area contributed by atoms with Gasteiger partial charge in [0.05, 0.1) is 12.8 Å². The Labute approximate surface area is 122 Å². The lowest BCUT2D eigenvalue weighted by atomic mass is 10.1. The number of rotatable bonds is 4. The van der Waals surface area contributed by atoms with Gasteiger partial charge in [-0.05, 0) is 25.8 Å². The summed E-state index contributed by atoms with van der Waals surface area (Å²) in [5.74, 6) is -0.782. The highest BCUT2D eigenvalue weighted by atomic mass is 16.6. The molecule has 0 radical (unpaired) electrons. The van der Waals surface area contributed by atoms with Crippen molar-refractivity contribution < 1.29 is 19.4 Å². The summed E-state index contributed by atoms with van der Waals surface area (Å²) >= 11 is 0. The summed E-state index contributed by atoms with van der Waals surface area (Å²) in [4.78, 5) is 24.3. The molecule has 0 saturated carbocycles. The fourth-order valence-electron chi connectivity index (χ4n) is 2.23. The number of carbonyl (C=O) groups excluding carboxylic acids is 1. The van der Waals surface area contributed by atoms with Gasteiger partial charge in [-0.1, -0.05) is 0 Å². The summed E-state index contributed by atoms with van der Waals surface area (Å²) in [6.07, 6.45) is 2.45. The molecule has 1 fully saturated rings. The van der Waals surface area contributed by atoms with Crippen LogP contribution in [-0.2, 0) is 4.74 Å². The second-order valence-electron chi connectivity index (χ2n) is 4.70. The third kappa shape index (κ3) is 3.80. The van der Waals surface area contributed by atoms with E-state index >= 15 is 0 Å². The van der Waals surface area contributed by atoms with Gasteiger partial charge in [-0.2, -0.15) is 5.10 Å². The van der Waals surface area contributed by atoms with Crippen LogP contribution in [0.25, 0.3) is 0 Å². The largest absolute Gasteiger partial charge is 0.478 e. The summed E-state index contributed by atoms with van der Waals surface area (Å²) in [5.41, 5.74) is 0.0952. The molecule has 1 aliphatic heterocycles. The number of ether oxygens (including phenoxy) is 1. The minimum atomic E-state index is -1.05. The highest BCUT2D eigenvalue weighted by molar-refractivity contribution is 5.92. The van der Waals surface area contributed by atoms with Crippen LogP contribution in [0.15, 0.2) is 12.3 Å². The van der Waals surface area contributed by atoms with E-state index in [9.17, 15) is 9.59 Å². The maximum atomic E-state index is 11.6. The molecule has 1 saturated heterocycles. The van der Waals surface area contributed by atoms with E-state index in [1.54, 1.807) is 11.8 Å². The van der Waals surface area contributed by atoms with Crippen molar-refractivity contribution in [1.82, 2.24) is 15.1 Å². The zero-order valence-electron chi connectivity index (χ0n) is 11.8. The lowest BCUT2D eigenvalue weighted by molar-refractivity contribution is 0.0697. The number of hydrogen-bond acceptors (Lipinski definition) is 6. The van der Waals surface area contributed by atoms with E-state index in [-0.39, 0.29) is 23.5 Å². The van der Waals surface area contributed by atoms with E-state index in [1.165, 1.54) is 12.3 Å². The zero-order chi connectivity index (χ0) is 15.2. The molecule has 0 bridgehead atoms. The molecule has 0 aromatic carbocycles. The molecular formula is C13H18N4O4. The highest BCUT2D eigenvalue weighted by Gasteiger charge is 2.24.